The van der Waals surface area contributed by atoms with Crippen molar-refractivity contribution in [1.29, 1.82) is 0 Å². The lowest BCUT2D eigenvalue weighted by atomic mass is 10.1. The molecule has 16 heavy (non-hydrogen) atoms. The van der Waals surface area contributed by atoms with Gasteiger partial charge in [-0.05, 0) is 36.0 Å². The fraction of sp³-hybridized carbons (Fsp3) is 0.500. The molecule has 1 N–H and O–H groups in total. The summed E-state index contributed by atoms with van der Waals surface area (Å²) in [6.07, 6.45) is 1.27. The number of ether oxygens (including phenoxy) is 1. The van der Waals surface area contributed by atoms with Crippen molar-refractivity contribution in [2.45, 2.75) is 6.42 Å². The first kappa shape index (κ1) is 11.6. The highest BCUT2D eigenvalue weighted by atomic mass is 32.2. The summed E-state index contributed by atoms with van der Waals surface area (Å²) >= 11 is 2.00. The van der Waals surface area contributed by atoms with Gasteiger partial charge in [-0.25, -0.2) is 4.39 Å². The molecule has 1 saturated heterocycles. The molecule has 0 spiro atoms. The summed E-state index contributed by atoms with van der Waals surface area (Å²) in [6, 6.07) is 4.89. The zero-order valence-electron chi connectivity index (χ0n) is 9.33. The summed E-state index contributed by atoms with van der Waals surface area (Å²) in [5.74, 6) is 3.21. The first-order valence-corrected chi connectivity index (χ1v) is 6.60. The average Bonchev–Trinajstić information content (AvgIpc) is 2.81. The van der Waals surface area contributed by atoms with Crippen LogP contribution in [-0.4, -0.2) is 25.2 Å². The minimum atomic E-state index is -0.315. The number of anilines is 1. The molecule has 0 aliphatic carbocycles. The second kappa shape index (κ2) is 5.43. The van der Waals surface area contributed by atoms with Crippen molar-refractivity contribution < 1.29 is 9.13 Å². The smallest absolute Gasteiger partial charge is 0.165 e. The number of nitrogens with one attached hydrogen (secondary N) is 1. The minimum absolute atomic E-state index is 0.297. The maximum Gasteiger partial charge on any atom is 0.165 e. The Morgan fingerprint density at radius 3 is 3.12 bits per heavy atom. The molecule has 1 aromatic rings. The van der Waals surface area contributed by atoms with E-state index in [9.17, 15) is 4.39 Å². The predicted molar refractivity (Wildman–Crippen MR) is 66.9 cm³/mol. The summed E-state index contributed by atoms with van der Waals surface area (Å²) < 4.78 is 18.1. The topological polar surface area (TPSA) is 21.3 Å². The Hall–Kier alpha value is -0.900. The first-order valence-electron chi connectivity index (χ1n) is 5.45. The zero-order valence-corrected chi connectivity index (χ0v) is 10.1. The molecule has 1 atom stereocenters. The monoisotopic (exact) mass is 241 g/mol. The lowest BCUT2D eigenvalue weighted by Gasteiger charge is -2.12. The van der Waals surface area contributed by atoms with Crippen molar-refractivity contribution in [2.75, 3.05) is 30.5 Å². The van der Waals surface area contributed by atoms with Gasteiger partial charge in [0, 0.05) is 18.3 Å². The number of thioether (sulfide) groups is 1. The highest BCUT2D eigenvalue weighted by Crippen LogP contribution is 2.25. The minimum Gasteiger partial charge on any atom is -0.494 e. The van der Waals surface area contributed by atoms with Crippen LogP contribution in [0.4, 0.5) is 10.1 Å². The van der Waals surface area contributed by atoms with Crippen LogP contribution >= 0.6 is 11.8 Å². The van der Waals surface area contributed by atoms with Crippen LogP contribution in [0.5, 0.6) is 5.75 Å². The van der Waals surface area contributed by atoms with E-state index in [0.717, 1.165) is 18.2 Å². The lowest BCUT2D eigenvalue weighted by Crippen LogP contribution is -2.13. The van der Waals surface area contributed by atoms with E-state index in [2.05, 4.69) is 5.32 Å². The molecule has 0 bridgehead atoms. The van der Waals surface area contributed by atoms with Crippen molar-refractivity contribution >= 4 is 17.4 Å². The van der Waals surface area contributed by atoms with Gasteiger partial charge < -0.3 is 10.1 Å². The van der Waals surface area contributed by atoms with Crippen LogP contribution in [0.2, 0.25) is 0 Å². The second-order valence-electron chi connectivity index (χ2n) is 3.96. The molecule has 1 heterocycles. The molecule has 1 aliphatic heterocycles. The first-order chi connectivity index (χ1) is 7.79. The third-order valence-corrected chi connectivity index (χ3v) is 4.00. The van der Waals surface area contributed by atoms with E-state index in [1.54, 1.807) is 12.1 Å². The van der Waals surface area contributed by atoms with E-state index >= 15 is 0 Å². The van der Waals surface area contributed by atoms with E-state index < -0.39 is 0 Å². The molecule has 1 fully saturated rings. The highest BCUT2D eigenvalue weighted by Gasteiger charge is 2.15. The zero-order chi connectivity index (χ0) is 11.4. The standard InChI is InChI=1S/C12H16FNOS/c1-15-12-6-10(2-3-11(12)13)14-7-9-4-5-16-8-9/h2-3,6,9,14H,4-5,7-8H2,1H3. The van der Waals surface area contributed by atoms with Gasteiger partial charge in [0.05, 0.1) is 7.11 Å². The lowest BCUT2D eigenvalue weighted by molar-refractivity contribution is 0.387. The molecule has 1 aromatic carbocycles. The van der Waals surface area contributed by atoms with Crippen LogP contribution in [0.15, 0.2) is 18.2 Å². The summed E-state index contributed by atoms with van der Waals surface area (Å²) in [7, 11) is 1.48. The van der Waals surface area contributed by atoms with Crippen LogP contribution in [0.1, 0.15) is 6.42 Å². The third-order valence-electron chi connectivity index (χ3n) is 2.77. The fourth-order valence-electron chi connectivity index (χ4n) is 1.78. The molecule has 1 unspecified atom stereocenters. The van der Waals surface area contributed by atoms with E-state index in [4.69, 9.17) is 4.74 Å². The number of rotatable bonds is 4. The Morgan fingerprint density at radius 2 is 2.44 bits per heavy atom. The van der Waals surface area contributed by atoms with Gasteiger partial charge in [0.25, 0.3) is 0 Å². The molecular formula is C12H16FNOS. The van der Waals surface area contributed by atoms with Crippen molar-refractivity contribution in [3.05, 3.63) is 24.0 Å². The summed E-state index contributed by atoms with van der Waals surface area (Å²) in [5, 5.41) is 3.33. The molecule has 1 aliphatic rings. The maximum atomic E-state index is 13.2. The maximum absolute atomic E-state index is 13.2. The number of methoxy groups -OCH3 is 1. The van der Waals surface area contributed by atoms with E-state index in [0.29, 0.717) is 5.75 Å². The predicted octanol–water partition coefficient (Wildman–Crippen LogP) is 3.00. The normalized spacial score (nSPS) is 19.8. The van der Waals surface area contributed by atoms with Crippen LogP contribution in [-0.2, 0) is 0 Å². The molecule has 2 rings (SSSR count). The van der Waals surface area contributed by atoms with Gasteiger partial charge >= 0.3 is 0 Å². The van der Waals surface area contributed by atoms with Gasteiger partial charge in [-0.15, -0.1) is 0 Å². The Balaban J connectivity index is 1.93. The molecular weight excluding hydrogens is 225 g/mol. The van der Waals surface area contributed by atoms with Crippen LogP contribution in [0.3, 0.4) is 0 Å². The second-order valence-corrected chi connectivity index (χ2v) is 5.11. The van der Waals surface area contributed by atoms with Crippen molar-refractivity contribution in [2.24, 2.45) is 5.92 Å². The average molecular weight is 241 g/mol. The third kappa shape index (κ3) is 2.82. The van der Waals surface area contributed by atoms with Gasteiger partial charge in [0.1, 0.15) is 0 Å². The SMILES string of the molecule is COc1cc(NCC2CCSC2)ccc1F. The highest BCUT2D eigenvalue weighted by molar-refractivity contribution is 7.99. The van der Waals surface area contributed by atoms with E-state index in [1.165, 1.54) is 31.1 Å². The Labute approximate surface area is 99.6 Å². The van der Waals surface area contributed by atoms with Crippen molar-refractivity contribution in [3.8, 4) is 5.75 Å². The van der Waals surface area contributed by atoms with Gasteiger partial charge in [-0.2, -0.15) is 11.8 Å². The van der Waals surface area contributed by atoms with Crippen molar-refractivity contribution in [1.82, 2.24) is 0 Å². The van der Waals surface area contributed by atoms with Crippen LogP contribution < -0.4 is 10.1 Å². The largest absolute Gasteiger partial charge is 0.494 e. The van der Waals surface area contributed by atoms with Gasteiger partial charge in [-0.1, -0.05) is 0 Å². The molecule has 0 amide bonds. The molecule has 0 saturated carbocycles. The summed E-state index contributed by atoms with van der Waals surface area (Å²) in [6.45, 7) is 0.960. The Bertz CT molecular complexity index is 353. The Morgan fingerprint density at radius 1 is 1.56 bits per heavy atom. The molecule has 4 heteroatoms. The van der Waals surface area contributed by atoms with Gasteiger partial charge in [0.2, 0.25) is 0 Å². The fourth-order valence-corrected chi connectivity index (χ4v) is 3.06. The van der Waals surface area contributed by atoms with Crippen LogP contribution in [0.25, 0.3) is 0 Å². The summed E-state index contributed by atoms with van der Waals surface area (Å²) in [4.78, 5) is 0. The number of halogens is 1. The molecule has 2 nitrogen and oxygen atoms in total. The van der Waals surface area contributed by atoms with Gasteiger partial charge in [-0.3, -0.25) is 0 Å². The molecule has 0 radical (unpaired) electrons. The number of hydrogen-bond acceptors (Lipinski definition) is 3. The number of hydrogen-bond donors (Lipinski definition) is 1. The Kier molecular flexibility index (Phi) is 3.93. The van der Waals surface area contributed by atoms with Gasteiger partial charge in [0.15, 0.2) is 11.6 Å². The quantitative estimate of drug-likeness (QED) is 0.875. The number of benzene rings is 1. The molecule has 88 valence electrons. The van der Waals surface area contributed by atoms with Crippen molar-refractivity contribution in [3.63, 3.8) is 0 Å². The van der Waals surface area contributed by atoms with E-state index in [1.807, 2.05) is 11.8 Å². The molecule has 0 aromatic heterocycles. The summed E-state index contributed by atoms with van der Waals surface area (Å²) in [5.41, 5.74) is 0.926. The van der Waals surface area contributed by atoms with Crippen LogP contribution in [0, 0.1) is 11.7 Å². The van der Waals surface area contributed by atoms with E-state index in [-0.39, 0.29) is 5.82 Å².